The number of anilines is 4. The first-order chi connectivity index (χ1) is 15.4. The zero-order valence-electron chi connectivity index (χ0n) is 17.8. The van der Waals surface area contributed by atoms with E-state index < -0.39 is 0 Å². The van der Waals surface area contributed by atoms with Gasteiger partial charge in [-0.2, -0.15) is 0 Å². The summed E-state index contributed by atoms with van der Waals surface area (Å²) in [5.41, 5.74) is 3.29. The maximum absolute atomic E-state index is 12.6. The third-order valence-electron chi connectivity index (χ3n) is 4.56. The molecule has 0 radical (unpaired) electrons. The van der Waals surface area contributed by atoms with Crippen LogP contribution in [0.1, 0.15) is 5.56 Å². The van der Waals surface area contributed by atoms with Crippen LogP contribution < -0.4 is 21.3 Å². The number of thioether (sulfide) groups is 2. The maximum Gasteiger partial charge on any atom is 0.323 e. The molecule has 4 N–H and O–H groups in total. The average Bonchev–Trinajstić information content (AvgIpc) is 2.78. The second-order valence-electron chi connectivity index (χ2n) is 6.72. The Balaban J connectivity index is 1.70. The molecule has 3 aromatic rings. The molecule has 3 rings (SSSR count). The van der Waals surface area contributed by atoms with Crippen LogP contribution in [0.3, 0.4) is 0 Å². The van der Waals surface area contributed by atoms with Crippen LogP contribution >= 0.6 is 39.5 Å². The van der Waals surface area contributed by atoms with E-state index in [1.165, 1.54) is 0 Å². The highest BCUT2D eigenvalue weighted by Gasteiger charge is 2.14. The average molecular weight is 532 g/mol. The predicted octanol–water partition coefficient (Wildman–Crippen LogP) is 7.49. The molecule has 0 fully saturated rings. The van der Waals surface area contributed by atoms with E-state index in [9.17, 15) is 9.59 Å². The van der Waals surface area contributed by atoms with Crippen molar-refractivity contribution in [2.75, 3.05) is 33.8 Å². The molecule has 0 heterocycles. The summed E-state index contributed by atoms with van der Waals surface area (Å²) in [4.78, 5) is 27.2. The van der Waals surface area contributed by atoms with Crippen molar-refractivity contribution in [2.45, 2.75) is 16.7 Å². The minimum atomic E-state index is -0.373. The SMILES string of the molecule is CSc1cccc(NC(=O)Nc2ccc(Br)c(NC(=O)Nc3cccc(SC)c3)c2C)c1. The summed E-state index contributed by atoms with van der Waals surface area (Å²) < 4.78 is 0.710. The monoisotopic (exact) mass is 530 g/mol. The van der Waals surface area contributed by atoms with Crippen molar-refractivity contribution in [1.82, 2.24) is 0 Å². The van der Waals surface area contributed by atoms with Crippen LogP contribution in [0.5, 0.6) is 0 Å². The number of hydrogen-bond acceptors (Lipinski definition) is 4. The molecule has 9 heteroatoms. The lowest BCUT2D eigenvalue weighted by atomic mass is 10.1. The topological polar surface area (TPSA) is 82.3 Å². The molecule has 0 aliphatic rings. The predicted molar refractivity (Wildman–Crippen MR) is 141 cm³/mol. The third-order valence-corrected chi connectivity index (χ3v) is 6.67. The summed E-state index contributed by atoms with van der Waals surface area (Å²) in [5.74, 6) is 0. The van der Waals surface area contributed by atoms with Gasteiger partial charge in [-0.1, -0.05) is 12.1 Å². The molecule has 0 aliphatic carbocycles. The number of carbonyl (C=O) groups is 2. The van der Waals surface area contributed by atoms with Gasteiger partial charge in [0.15, 0.2) is 0 Å². The fourth-order valence-corrected chi connectivity index (χ4v) is 4.38. The standard InChI is InChI=1S/C23H23BrN4O2S2/c1-14-20(27-22(29)25-15-6-4-8-17(12-15)31-2)11-10-19(24)21(14)28-23(30)26-16-7-5-9-18(13-16)32-3/h4-13H,1-3H3,(H2,25,27,29)(H2,26,28,30). The molecule has 166 valence electrons. The molecule has 0 aliphatic heterocycles. The summed E-state index contributed by atoms with van der Waals surface area (Å²) >= 11 is 6.68. The van der Waals surface area contributed by atoms with Gasteiger partial charge in [-0.25, -0.2) is 9.59 Å². The Bertz CT molecular complexity index is 1140. The molecule has 0 aromatic heterocycles. The number of nitrogens with one attached hydrogen (secondary N) is 4. The highest BCUT2D eigenvalue weighted by Crippen LogP contribution is 2.32. The van der Waals surface area contributed by atoms with Crippen molar-refractivity contribution in [1.29, 1.82) is 0 Å². The highest BCUT2D eigenvalue weighted by molar-refractivity contribution is 9.10. The van der Waals surface area contributed by atoms with Crippen LogP contribution in [0.4, 0.5) is 32.3 Å². The Morgan fingerprint density at radius 3 is 1.81 bits per heavy atom. The number of benzene rings is 3. The number of halogens is 1. The molecule has 0 saturated carbocycles. The van der Waals surface area contributed by atoms with E-state index in [2.05, 4.69) is 37.2 Å². The van der Waals surface area contributed by atoms with Crippen LogP contribution in [-0.2, 0) is 0 Å². The van der Waals surface area contributed by atoms with Crippen molar-refractivity contribution in [3.63, 3.8) is 0 Å². The molecule has 0 spiro atoms. The molecule has 3 aromatic carbocycles. The molecule has 0 unspecified atom stereocenters. The zero-order valence-corrected chi connectivity index (χ0v) is 21.0. The molecular weight excluding hydrogens is 508 g/mol. The molecule has 4 amide bonds. The number of carbonyl (C=O) groups excluding carboxylic acids is 2. The first kappa shape index (κ1) is 24.0. The number of rotatable bonds is 6. The number of amides is 4. The van der Waals surface area contributed by atoms with Crippen LogP contribution in [0.15, 0.2) is 74.9 Å². The Hall–Kier alpha value is -2.62. The van der Waals surface area contributed by atoms with Gasteiger partial charge in [0.1, 0.15) is 0 Å². The summed E-state index contributed by atoms with van der Waals surface area (Å²) in [6, 6.07) is 18.0. The Morgan fingerprint density at radius 1 is 0.750 bits per heavy atom. The van der Waals surface area contributed by atoms with E-state index in [-0.39, 0.29) is 12.1 Å². The van der Waals surface area contributed by atoms with E-state index in [1.807, 2.05) is 68.0 Å². The summed E-state index contributed by atoms with van der Waals surface area (Å²) in [6.45, 7) is 1.83. The molecule has 0 saturated heterocycles. The van der Waals surface area contributed by atoms with E-state index in [0.29, 0.717) is 27.2 Å². The minimum absolute atomic E-state index is 0.363. The first-order valence-electron chi connectivity index (χ1n) is 9.63. The van der Waals surface area contributed by atoms with Crippen molar-refractivity contribution < 1.29 is 9.59 Å². The van der Waals surface area contributed by atoms with Gasteiger partial charge in [0.05, 0.1) is 5.69 Å². The second-order valence-corrected chi connectivity index (χ2v) is 9.33. The van der Waals surface area contributed by atoms with Crippen molar-refractivity contribution in [3.05, 3.63) is 70.7 Å². The molecular formula is C23H23BrN4O2S2. The lowest BCUT2D eigenvalue weighted by Crippen LogP contribution is -2.22. The normalized spacial score (nSPS) is 10.4. The van der Waals surface area contributed by atoms with Gasteiger partial charge in [0.2, 0.25) is 0 Å². The third kappa shape index (κ3) is 6.44. The summed E-state index contributed by atoms with van der Waals surface area (Å²) in [7, 11) is 0. The number of urea groups is 2. The zero-order chi connectivity index (χ0) is 23.1. The highest BCUT2D eigenvalue weighted by atomic mass is 79.9. The Kier molecular flexibility index (Phi) is 8.49. The smallest absolute Gasteiger partial charge is 0.308 e. The summed E-state index contributed by atoms with van der Waals surface area (Å²) in [6.07, 6.45) is 3.96. The fraction of sp³-hybridized carbons (Fsp3) is 0.130. The van der Waals surface area contributed by atoms with Gasteiger partial charge < -0.3 is 21.3 Å². The lowest BCUT2D eigenvalue weighted by molar-refractivity contribution is 0.261. The second kappa shape index (κ2) is 11.3. The summed E-state index contributed by atoms with van der Waals surface area (Å²) in [5, 5.41) is 11.4. The van der Waals surface area contributed by atoms with Gasteiger partial charge in [-0.15, -0.1) is 23.5 Å². The Labute approximate surface area is 204 Å². The van der Waals surface area contributed by atoms with Gasteiger partial charge in [-0.3, -0.25) is 0 Å². The van der Waals surface area contributed by atoms with E-state index in [4.69, 9.17) is 0 Å². The molecule has 0 atom stereocenters. The van der Waals surface area contributed by atoms with Crippen LogP contribution in [0.25, 0.3) is 0 Å². The van der Waals surface area contributed by atoms with Gasteiger partial charge in [0.25, 0.3) is 0 Å². The van der Waals surface area contributed by atoms with Crippen LogP contribution in [-0.4, -0.2) is 24.6 Å². The van der Waals surface area contributed by atoms with Crippen molar-refractivity contribution >= 4 is 74.3 Å². The molecule has 6 nitrogen and oxygen atoms in total. The quantitative estimate of drug-likeness (QED) is 0.249. The van der Waals surface area contributed by atoms with Crippen LogP contribution in [0.2, 0.25) is 0 Å². The van der Waals surface area contributed by atoms with Crippen LogP contribution in [0, 0.1) is 6.92 Å². The lowest BCUT2D eigenvalue weighted by Gasteiger charge is -2.16. The van der Waals surface area contributed by atoms with Gasteiger partial charge in [0, 0.05) is 31.3 Å². The number of hydrogen-bond donors (Lipinski definition) is 4. The maximum atomic E-state index is 12.6. The van der Waals surface area contributed by atoms with Gasteiger partial charge in [-0.05, 0) is 89.5 Å². The largest absolute Gasteiger partial charge is 0.323 e. The van der Waals surface area contributed by atoms with E-state index in [0.717, 1.165) is 15.4 Å². The molecule has 32 heavy (non-hydrogen) atoms. The minimum Gasteiger partial charge on any atom is -0.308 e. The fourth-order valence-electron chi connectivity index (χ4n) is 2.93. The van der Waals surface area contributed by atoms with E-state index in [1.54, 1.807) is 35.7 Å². The van der Waals surface area contributed by atoms with Crippen molar-refractivity contribution in [3.8, 4) is 0 Å². The Morgan fingerprint density at radius 2 is 1.28 bits per heavy atom. The first-order valence-corrected chi connectivity index (χ1v) is 12.9. The van der Waals surface area contributed by atoms with Gasteiger partial charge >= 0.3 is 12.1 Å². The van der Waals surface area contributed by atoms with Crippen molar-refractivity contribution in [2.24, 2.45) is 0 Å². The van der Waals surface area contributed by atoms with E-state index >= 15 is 0 Å². The molecule has 0 bridgehead atoms.